The van der Waals surface area contributed by atoms with Crippen molar-refractivity contribution >= 4 is 38.4 Å². The third kappa shape index (κ3) is 3.72. The molecule has 1 heterocycles. The minimum Gasteiger partial charge on any atom is -0.374 e. The molecule has 0 saturated carbocycles. The Hall–Kier alpha value is -0.180. The average molecular weight is 386 g/mol. The average Bonchev–Trinajstić information content (AvgIpc) is 2.38. The fraction of sp³-hybridized carbons (Fsp3) is 0.500. The molecule has 2 N–H and O–H groups in total. The molecule has 1 aromatic carbocycles. The van der Waals surface area contributed by atoms with Gasteiger partial charge in [-0.05, 0) is 40.5 Å². The maximum atomic E-state index is 12.6. The maximum Gasteiger partial charge on any atom is 0.244 e. The van der Waals surface area contributed by atoms with Crippen LogP contribution in [0.15, 0.2) is 27.6 Å². The topological polar surface area (TPSA) is 72.6 Å². The zero-order valence-electron chi connectivity index (χ0n) is 11.1. The van der Waals surface area contributed by atoms with Crippen LogP contribution in [-0.2, 0) is 14.8 Å². The molecule has 0 spiro atoms. The lowest BCUT2D eigenvalue weighted by molar-refractivity contribution is 0.00449. The second-order valence-corrected chi connectivity index (χ2v) is 7.29. The van der Waals surface area contributed by atoms with E-state index >= 15 is 0 Å². The van der Waals surface area contributed by atoms with Gasteiger partial charge in [-0.2, -0.15) is 4.31 Å². The minimum atomic E-state index is -3.50. The SMILES string of the molecule is Cc1ccc(S(=O)(=O)N2CCOC(CN)C2)c(Br)c1.Cl. The lowest BCUT2D eigenvalue weighted by Gasteiger charge is -2.31. The first kappa shape index (κ1) is 17.9. The molecule has 114 valence electrons. The van der Waals surface area contributed by atoms with Crippen molar-refractivity contribution in [2.45, 2.75) is 17.9 Å². The van der Waals surface area contributed by atoms with Gasteiger partial charge >= 0.3 is 0 Å². The van der Waals surface area contributed by atoms with E-state index in [9.17, 15) is 8.42 Å². The van der Waals surface area contributed by atoms with Crippen molar-refractivity contribution in [3.63, 3.8) is 0 Å². The largest absolute Gasteiger partial charge is 0.374 e. The Morgan fingerprint density at radius 2 is 2.20 bits per heavy atom. The number of hydrogen-bond donors (Lipinski definition) is 1. The van der Waals surface area contributed by atoms with Crippen LogP contribution in [0.2, 0.25) is 0 Å². The Kier molecular flexibility index (Phi) is 6.43. The van der Waals surface area contributed by atoms with Gasteiger partial charge in [0.2, 0.25) is 10.0 Å². The van der Waals surface area contributed by atoms with E-state index in [0.29, 0.717) is 30.7 Å². The summed E-state index contributed by atoms with van der Waals surface area (Å²) in [6.07, 6.45) is -0.229. The summed E-state index contributed by atoms with van der Waals surface area (Å²) >= 11 is 3.32. The Balaban J connectivity index is 0.00000200. The van der Waals surface area contributed by atoms with Crippen LogP contribution in [0.1, 0.15) is 5.56 Å². The van der Waals surface area contributed by atoms with Crippen LogP contribution < -0.4 is 5.73 Å². The van der Waals surface area contributed by atoms with Crippen molar-refractivity contribution in [1.82, 2.24) is 4.31 Å². The Morgan fingerprint density at radius 1 is 1.50 bits per heavy atom. The van der Waals surface area contributed by atoms with Gasteiger partial charge in [0.15, 0.2) is 0 Å². The molecule has 1 aliphatic heterocycles. The molecular weight excluding hydrogens is 368 g/mol. The number of nitrogens with two attached hydrogens (primary N) is 1. The lowest BCUT2D eigenvalue weighted by atomic mass is 10.2. The van der Waals surface area contributed by atoms with Gasteiger partial charge in [0.25, 0.3) is 0 Å². The normalized spacial score (nSPS) is 20.4. The fourth-order valence-corrected chi connectivity index (χ4v) is 4.62. The van der Waals surface area contributed by atoms with E-state index in [-0.39, 0.29) is 23.4 Å². The molecule has 0 amide bonds. The second-order valence-electron chi connectivity index (χ2n) is 4.53. The van der Waals surface area contributed by atoms with E-state index in [4.69, 9.17) is 10.5 Å². The molecule has 0 bridgehead atoms. The zero-order valence-corrected chi connectivity index (χ0v) is 14.3. The predicted molar refractivity (Wildman–Crippen MR) is 83.7 cm³/mol. The molecule has 1 saturated heterocycles. The van der Waals surface area contributed by atoms with Crippen LogP contribution in [0.25, 0.3) is 0 Å². The molecule has 20 heavy (non-hydrogen) atoms. The predicted octanol–water partition coefficient (Wildman–Crippen LogP) is 1.53. The number of benzene rings is 1. The molecule has 1 fully saturated rings. The van der Waals surface area contributed by atoms with E-state index < -0.39 is 10.0 Å². The van der Waals surface area contributed by atoms with E-state index in [1.807, 2.05) is 6.92 Å². The zero-order chi connectivity index (χ0) is 14.0. The van der Waals surface area contributed by atoms with Crippen LogP contribution >= 0.6 is 28.3 Å². The van der Waals surface area contributed by atoms with Gasteiger partial charge in [-0.25, -0.2) is 8.42 Å². The molecule has 2 rings (SSSR count). The molecule has 1 aromatic rings. The fourth-order valence-electron chi connectivity index (χ4n) is 2.01. The molecule has 1 unspecified atom stereocenters. The summed E-state index contributed by atoms with van der Waals surface area (Å²) in [4.78, 5) is 0.288. The molecular formula is C12H18BrClN2O3S. The summed E-state index contributed by atoms with van der Waals surface area (Å²) in [6, 6.07) is 5.22. The Labute approximate surface area is 134 Å². The van der Waals surface area contributed by atoms with Crippen molar-refractivity contribution in [1.29, 1.82) is 0 Å². The van der Waals surface area contributed by atoms with Gasteiger partial charge in [-0.15, -0.1) is 12.4 Å². The number of aryl methyl sites for hydroxylation is 1. The summed E-state index contributed by atoms with van der Waals surface area (Å²) in [5, 5.41) is 0. The number of rotatable bonds is 3. The molecule has 1 aliphatic rings. The number of nitrogens with zero attached hydrogens (tertiary/aromatic N) is 1. The molecule has 5 nitrogen and oxygen atoms in total. The maximum absolute atomic E-state index is 12.6. The van der Waals surface area contributed by atoms with Crippen molar-refractivity contribution in [3.8, 4) is 0 Å². The summed E-state index contributed by atoms with van der Waals surface area (Å²) in [7, 11) is -3.50. The van der Waals surface area contributed by atoms with Crippen LogP contribution in [0.5, 0.6) is 0 Å². The molecule has 1 atom stereocenters. The first-order chi connectivity index (χ1) is 8.95. The van der Waals surface area contributed by atoms with Gasteiger partial charge in [-0.3, -0.25) is 0 Å². The van der Waals surface area contributed by atoms with Crippen LogP contribution in [-0.4, -0.2) is 45.1 Å². The number of morpholine rings is 1. The Bertz CT molecular complexity index is 568. The second kappa shape index (κ2) is 7.20. The highest BCUT2D eigenvalue weighted by molar-refractivity contribution is 9.10. The van der Waals surface area contributed by atoms with Crippen molar-refractivity contribution in [3.05, 3.63) is 28.2 Å². The third-order valence-corrected chi connectivity index (χ3v) is 5.91. The molecule has 0 aliphatic carbocycles. The van der Waals surface area contributed by atoms with Gasteiger partial charge < -0.3 is 10.5 Å². The number of ether oxygens (including phenoxy) is 1. The quantitative estimate of drug-likeness (QED) is 0.856. The molecule has 0 radical (unpaired) electrons. The lowest BCUT2D eigenvalue weighted by Crippen LogP contribution is -2.48. The number of sulfonamides is 1. The van der Waals surface area contributed by atoms with Crippen molar-refractivity contribution < 1.29 is 13.2 Å². The van der Waals surface area contributed by atoms with E-state index in [0.717, 1.165) is 5.56 Å². The van der Waals surface area contributed by atoms with Crippen molar-refractivity contribution in [2.24, 2.45) is 5.73 Å². The molecule has 8 heteroatoms. The molecule has 0 aromatic heterocycles. The first-order valence-electron chi connectivity index (χ1n) is 6.03. The third-order valence-electron chi connectivity index (χ3n) is 3.07. The monoisotopic (exact) mass is 384 g/mol. The van der Waals surface area contributed by atoms with Crippen LogP contribution in [0, 0.1) is 6.92 Å². The van der Waals surface area contributed by atoms with Gasteiger partial charge in [0, 0.05) is 24.1 Å². The number of halogens is 2. The Morgan fingerprint density at radius 3 is 2.80 bits per heavy atom. The van der Waals surface area contributed by atoms with Crippen molar-refractivity contribution in [2.75, 3.05) is 26.2 Å². The smallest absolute Gasteiger partial charge is 0.244 e. The highest BCUT2D eigenvalue weighted by Gasteiger charge is 2.31. The van der Waals surface area contributed by atoms with Gasteiger partial charge in [0.1, 0.15) is 0 Å². The van der Waals surface area contributed by atoms with Crippen LogP contribution in [0.4, 0.5) is 0 Å². The summed E-state index contributed by atoms with van der Waals surface area (Å²) in [5.41, 5.74) is 6.55. The van der Waals surface area contributed by atoms with E-state index in [1.54, 1.807) is 18.2 Å². The number of hydrogen-bond acceptors (Lipinski definition) is 4. The van der Waals surface area contributed by atoms with E-state index in [2.05, 4.69) is 15.9 Å². The van der Waals surface area contributed by atoms with Crippen LogP contribution in [0.3, 0.4) is 0 Å². The summed E-state index contributed by atoms with van der Waals surface area (Å²) in [5.74, 6) is 0. The van der Waals surface area contributed by atoms with E-state index in [1.165, 1.54) is 4.31 Å². The highest BCUT2D eigenvalue weighted by Crippen LogP contribution is 2.27. The van der Waals surface area contributed by atoms with Gasteiger partial charge in [0.05, 0.1) is 17.6 Å². The van der Waals surface area contributed by atoms with Gasteiger partial charge in [-0.1, -0.05) is 6.07 Å². The summed E-state index contributed by atoms with van der Waals surface area (Å²) < 4.78 is 32.6. The first-order valence-corrected chi connectivity index (χ1v) is 8.26. The summed E-state index contributed by atoms with van der Waals surface area (Å²) in [6.45, 7) is 3.28. The minimum absolute atomic E-state index is 0. The highest BCUT2D eigenvalue weighted by atomic mass is 79.9. The standard InChI is InChI=1S/C12H17BrN2O3S.ClH/c1-9-2-3-12(11(13)6-9)19(16,17)15-4-5-18-10(7-14)8-15;/h2-3,6,10H,4-5,7-8,14H2,1H3;1H.